The van der Waals surface area contributed by atoms with Gasteiger partial charge in [-0.3, -0.25) is 9.52 Å². The number of nitrogens with one attached hydrogen (secondary N) is 2. The third-order valence-corrected chi connectivity index (χ3v) is 5.17. The van der Waals surface area contributed by atoms with Crippen LogP contribution in [0.5, 0.6) is 5.75 Å². The van der Waals surface area contributed by atoms with E-state index in [1.165, 1.54) is 24.3 Å². The van der Waals surface area contributed by atoms with Gasteiger partial charge in [0, 0.05) is 12.2 Å². The van der Waals surface area contributed by atoms with Gasteiger partial charge in [0.15, 0.2) is 6.10 Å². The third kappa shape index (κ3) is 6.29. The van der Waals surface area contributed by atoms with Crippen LogP contribution in [-0.4, -0.2) is 27.0 Å². The maximum atomic E-state index is 12.5. The van der Waals surface area contributed by atoms with Gasteiger partial charge in [-0.05, 0) is 61.7 Å². The minimum Gasteiger partial charge on any atom is -0.481 e. The summed E-state index contributed by atoms with van der Waals surface area (Å²) >= 11 is 0. The smallest absolute Gasteiger partial charge is 0.261 e. The maximum Gasteiger partial charge on any atom is 0.261 e. The lowest BCUT2D eigenvalue weighted by Crippen LogP contribution is -2.38. The molecule has 146 valence electrons. The third-order valence-electron chi connectivity index (χ3n) is 3.77. The summed E-state index contributed by atoms with van der Waals surface area (Å²) in [5.74, 6) is 0.574. The van der Waals surface area contributed by atoms with Gasteiger partial charge in [0.25, 0.3) is 15.9 Å². The molecular formula is C20H26N2O4S. The number of carbonyl (C=O) groups is 1. The summed E-state index contributed by atoms with van der Waals surface area (Å²) in [5, 5.41) is 2.80. The largest absolute Gasteiger partial charge is 0.481 e. The first kappa shape index (κ1) is 20.8. The minimum atomic E-state index is -3.69. The molecule has 0 bridgehead atoms. The van der Waals surface area contributed by atoms with Gasteiger partial charge in [0.2, 0.25) is 0 Å². The van der Waals surface area contributed by atoms with Crippen LogP contribution in [0.2, 0.25) is 0 Å². The van der Waals surface area contributed by atoms with Crippen molar-refractivity contribution in [3.05, 3.63) is 54.1 Å². The van der Waals surface area contributed by atoms with E-state index < -0.39 is 16.1 Å². The van der Waals surface area contributed by atoms with E-state index in [0.29, 0.717) is 23.9 Å². The minimum absolute atomic E-state index is 0.119. The molecule has 2 aromatic carbocycles. The summed E-state index contributed by atoms with van der Waals surface area (Å²) in [4.78, 5) is 12.1. The number of aryl methyl sites for hydroxylation is 1. The van der Waals surface area contributed by atoms with E-state index in [-0.39, 0.29) is 10.8 Å². The zero-order valence-corrected chi connectivity index (χ0v) is 16.8. The molecule has 2 rings (SSSR count). The van der Waals surface area contributed by atoms with Crippen LogP contribution < -0.4 is 14.8 Å². The number of benzene rings is 2. The molecule has 0 unspecified atom stereocenters. The number of anilines is 1. The lowest BCUT2D eigenvalue weighted by molar-refractivity contribution is -0.127. The molecule has 0 heterocycles. The fourth-order valence-corrected chi connectivity index (χ4v) is 3.38. The quantitative estimate of drug-likeness (QED) is 0.724. The molecule has 0 aliphatic rings. The number of rotatable bonds is 8. The van der Waals surface area contributed by atoms with Crippen LogP contribution in [0.15, 0.2) is 53.4 Å². The Morgan fingerprint density at radius 3 is 2.33 bits per heavy atom. The Balaban J connectivity index is 2.02. The van der Waals surface area contributed by atoms with Crippen LogP contribution in [0.25, 0.3) is 0 Å². The molecule has 2 N–H and O–H groups in total. The summed E-state index contributed by atoms with van der Waals surface area (Å²) in [6, 6.07) is 13.1. The molecule has 0 saturated heterocycles. The van der Waals surface area contributed by atoms with E-state index >= 15 is 0 Å². The number of hydrogen-bond donors (Lipinski definition) is 2. The molecule has 1 atom stereocenters. The van der Waals surface area contributed by atoms with Crippen LogP contribution in [0.4, 0.5) is 5.69 Å². The average Bonchev–Trinajstić information content (AvgIpc) is 2.59. The number of ether oxygens (including phenoxy) is 1. The van der Waals surface area contributed by atoms with Crippen molar-refractivity contribution in [2.45, 2.75) is 38.7 Å². The number of sulfonamides is 1. The second-order valence-corrected chi connectivity index (χ2v) is 8.53. The Kier molecular flexibility index (Phi) is 6.85. The topological polar surface area (TPSA) is 84.5 Å². The molecule has 0 saturated carbocycles. The Morgan fingerprint density at radius 2 is 1.74 bits per heavy atom. The van der Waals surface area contributed by atoms with Crippen LogP contribution in [-0.2, 0) is 14.8 Å². The molecule has 7 heteroatoms. The van der Waals surface area contributed by atoms with E-state index in [9.17, 15) is 13.2 Å². The van der Waals surface area contributed by atoms with E-state index in [4.69, 9.17) is 4.74 Å². The van der Waals surface area contributed by atoms with Gasteiger partial charge in [-0.1, -0.05) is 26.0 Å². The summed E-state index contributed by atoms with van der Waals surface area (Å²) in [7, 11) is -3.69. The first-order chi connectivity index (χ1) is 12.7. The SMILES string of the molecule is Cc1cccc(NS(=O)(=O)c2ccc(O[C@H](C)C(=O)NCC(C)C)cc2)c1. The molecule has 0 aliphatic heterocycles. The summed E-state index contributed by atoms with van der Waals surface area (Å²) in [5.41, 5.74) is 1.47. The van der Waals surface area contributed by atoms with Gasteiger partial charge in [0.1, 0.15) is 5.75 Å². The van der Waals surface area contributed by atoms with E-state index in [1.54, 1.807) is 25.1 Å². The van der Waals surface area contributed by atoms with Crippen molar-refractivity contribution in [2.24, 2.45) is 5.92 Å². The lowest BCUT2D eigenvalue weighted by Gasteiger charge is -2.16. The van der Waals surface area contributed by atoms with Gasteiger partial charge < -0.3 is 10.1 Å². The summed E-state index contributed by atoms with van der Waals surface area (Å²) in [6.45, 7) is 8.14. The first-order valence-electron chi connectivity index (χ1n) is 8.81. The predicted octanol–water partition coefficient (Wildman–Crippen LogP) is 3.34. The van der Waals surface area contributed by atoms with Crippen molar-refractivity contribution < 1.29 is 17.9 Å². The highest BCUT2D eigenvalue weighted by molar-refractivity contribution is 7.92. The van der Waals surface area contributed by atoms with Gasteiger partial charge in [0.05, 0.1) is 4.90 Å². The predicted molar refractivity (Wildman–Crippen MR) is 106 cm³/mol. The van der Waals surface area contributed by atoms with Crippen LogP contribution in [0.3, 0.4) is 0 Å². The second kappa shape index (κ2) is 8.90. The van der Waals surface area contributed by atoms with Crippen molar-refractivity contribution in [3.8, 4) is 5.75 Å². The van der Waals surface area contributed by atoms with Crippen molar-refractivity contribution >= 4 is 21.6 Å². The summed E-state index contributed by atoms with van der Waals surface area (Å²) < 4.78 is 33.1. The van der Waals surface area contributed by atoms with Crippen molar-refractivity contribution in [3.63, 3.8) is 0 Å². The molecular weight excluding hydrogens is 364 g/mol. The Bertz CT molecular complexity index is 877. The maximum absolute atomic E-state index is 12.5. The standard InChI is InChI=1S/C20H26N2O4S/c1-14(2)13-21-20(23)16(4)26-18-8-10-19(11-9-18)27(24,25)22-17-7-5-6-15(3)12-17/h5-12,14,16,22H,13H2,1-4H3,(H,21,23)/t16-/m1/s1. The number of amides is 1. The molecule has 0 radical (unpaired) electrons. The molecule has 0 fully saturated rings. The first-order valence-corrected chi connectivity index (χ1v) is 10.3. The monoisotopic (exact) mass is 390 g/mol. The van der Waals surface area contributed by atoms with Crippen LogP contribution in [0, 0.1) is 12.8 Å². The number of carbonyl (C=O) groups excluding carboxylic acids is 1. The highest BCUT2D eigenvalue weighted by Gasteiger charge is 2.17. The zero-order valence-electron chi connectivity index (χ0n) is 16.0. The lowest BCUT2D eigenvalue weighted by atomic mass is 10.2. The van der Waals surface area contributed by atoms with Crippen molar-refractivity contribution in [1.29, 1.82) is 0 Å². The van der Waals surface area contributed by atoms with Crippen molar-refractivity contribution in [1.82, 2.24) is 5.32 Å². The second-order valence-electron chi connectivity index (χ2n) is 6.85. The van der Waals surface area contributed by atoms with E-state index in [1.807, 2.05) is 26.8 Å². The van der Waals surface area contributed by atoms with E-state index in [0.717, 1.165) is 5.56 Å². The Morgan fingerprint density at radius 1 is 1.07 bits per heavy atom. The normalized spacial score (nSPS) is 12.5. The molecule has 0 spiro atoms. The fraction of sp³-hybridized carbons (Fsp3) is 0.350. The van der Waals surface area contributed by atoms with Gasteiger partial charge in [-0.25, -0.2) is 8.42 Å². The van der Waals surface area contributed by atoms with Gasteiger partial charge >= 0.3 is 0 Å². The highest BCUT2D eigenvalue weighted by Crippen LogP contribution is 2.20. The molecule has 27 heavy (non-hydrogen) atoms. The number of hydrogen-bond acceptors (Lipinski definition) is 4. The zero-order chi connectivity index (χ0) is 20.0. The highest BCUT2D eigenvalue weighted by atomic mass is 32.2. The molecule has 0 aliphatic carbocycles. The Hall–Kier alpha value is -2.54. The van der Waals surface area contributed by atoms with E-state index in [2.05, 4.69) is 10.0 Å². The molecule has 2 aromatic rings. The average molecular weight is 391 g/mol. The molecule has 0 aromatic heterocycles. The van der Waals surface area contributed by atoms with Gasteiger partial charge in [-0.15, -0.1) is 0 Å². The van der Waals surface area contributed by atoms with Crippen molar-refractivity contribution in [2.75, 3.05) is 11.3 Å². The van der Waals surface area contributed by atoms with Crippen LogP contribution in [0.1, 0.15) is 26.3 Å². The Labute approximate surface area is 161 Å². The molecule has 6 nitrogen and oxygen atoms in total. The van der Waals surface area contributed by atoms with Gasteiger partial charge in [-0.2, -0.15) is 0 Å². The van der Waals surface area contributed by atoms with Crippen LogP contribution >= 0.6 is 0 Å². The fourth-order valence-electron chi connectivity index (χ4n) is 2.33. The summed E-state index contributed by atoms with van der Waals surface area (Å²) in [6.07, 6.45) is -0.670. The molecule has 1 amide bonds.